The Balaban J connectivity index is 1.58. The molecule has 1 aliphatic heterocycles. The van der Waals surface area contributed by atoms with Crippen LogP contribution in [0.15, 0.2) is 28.9 Å². The van der Waals surface area contributed by atoms with Gasteiger partial charge in [0.25, 0.3) is 0 Å². The summed E-state index contributed by atoms with van der Waals surface area (Å²) in [5.41, 5.74) is 1.05. The Hall–Kier alpha value is -1.75. The smallest absolute Gasteiger partial charge is 0.227 e. The zero-order chi connectivity index (χ0) is 12.9. The molecule has 2 aromatic rings. The van der Waals surface area contributed by atoms with Crippen molar-refractivity contribution >= 4 is 0 Å². The summed E-state index contributed by atoms with van der Waals surface area (Å²) in [6, 6.07) is 6.19. The van der Waals surface area contributed by atoms with Crippen LogP contribution in [0.3, 0.4) is 0 Å². The standard InChI is InChI=1S/C14H18N4O/c1-3-9-15-11(5-1)7-8-13-17-14(18-19-13)12-6-2-4-10-16-12/h1,3,5,9,12,16H,2,4,6-8,10H2. The van der Waals surface area contributed by atoms with Gasteiger partial charge in [-0.2, -0.15) is 4.98 Å². The van der Waals surface area contributed by atoms with Gasteiger partial charge in [0.1, 0.15) is 0 Å². The molecule has 1 atom stereocenters. The summed E-state index contributed by atoms with van der Waals surface area (Å²) in [6.07, 6.45) is 6.95. The molecule has 0 radical (unpaired) electrons. The van der Waals surface area contributed by atoms with Gasteiger partial charge in [-0.15, -0.1) is 0 Å². The van der Waals surface area contributed by atoms with Crippen molar-refractivity contribution in [2.24, 2.45) is 0 Å². The third-order valence-corrected chi connectivity index (χ3v) is 3.43. The number of aryl methyl sites for hydroxylation is 2. The summed E-state index contributed by atoms with van der Waals surface area (Å²) in [5, 5.41) is 7.51. The van der Waals surface area contributed by atoms with Crippen LogP contribution in [0.25, 0.3) is 0 Å². The molecule has 1 saturated heterocycles. The predicted molar refractivity (Wildman–Crippen MR) is 70.5 cm³/mol. The molecule has 3 rings (SSSR count). The second kappa shape index (κ2) is 5.93. The van der Waals surface area contributed by atoms with Gasteiger partial charge >= 0.3 is 0 Å². The molecule has 1 aliphatic rings. The lowest BCUT2D eigenvalue weighted by atomic mass is 10.0. The molecule has 2 aromatic heterocycles. The largest absolute Gasteiger partial charge is 0.339 e. The van der Waals surface area contributed by atoms with Crippen LogP contribution in [0.2, 0.25) is 0 Å². The summed E-state index contributed by atoms with van der Waals surface area (Å²) in [5.74, 6) is 1.50. The molecular formula is C14H18N4O. The number of hydrogen-bond acceptors (Lipinski definition) is 5. The molecule has 1 fully saturated rings. The molecule has 19 heavy (non-hydrogen) atoms. The van der Waals surface area contributed by atoms with Gasteiger partial charge < -0.3 is 9.84 Å². The second-order valence-electron chi connectivity index (χ2n) is 4.87. The van der Waals surface area contributed by atoms with Crippen LogP contribution in [-0.2, 0) is 12.8 Å². The molecule has 3 heterocycles. The number of nitrogens with zero attached hydrogens (tertiary/aromatic N) is 3. The first-order valence-corrected chi connectivity index (χ1v) is 6.87. The first kappa shape index (κ1) is 12.3. The highest BCUT2D eigenvalue weighted by Gasteiger charge is 2.20. The Labute approximate surface area is 112 Å². The van der Waals surface area contributed by atoms with Crippen molar-refractivity contribution in [1.82, 2.24) is 20.4 Å². The van der Waals surface area contributed by atoms with E-state index in [0.29, 0.717) is 5.89 Å². The highest BCUT2D eigenvalue weighted by Crippen LogP contribution is 2.20. The molecular weight excluding hydrogens is 240 g/mol. The van der Waals surface area contributed by atoms with E-state index >= 15 is 0 Å². The maximum Gasteiger partial charge on any atom is 0.227 e. The molecule has 0 aliphatic carbocycles. The molecule has 0 aromatic carbocycles. The number of nitrogens with one attached hydrogen (secondary N) is 1. The van der Waals surface area contributed by atoms with Crippen LogP contribution in [0, 0.1) is 0 Å². The first-order chi connectivity index (χ1) is 9.42. The van der Waals surface area contributed by atoms with Crippen LogP contribution >= 0.6 is 0 Å². The van der Waals surface area contributed by atoms with Crippen LogP contribution in [-0.4, -0.2) is 21.7 Å². The van der Waals surface area contributed by atoms with Crippen molar-refractivity contribution in [3.63, 3.8) is 0 Å². The van der Waals surface area contributed by atoms with Crippen molar-refractivity contribution < 1.29 is 4.52 Å². The van der Waals surface area contributed by atoms with Crippen LogP contribution in [0.5, 0.6) is 0 Å². The van der Waals surface area contributed by atoms with Gasteiger partial charge in [0, 0.05) is 18.3 Å². The van der Waals surface area contributed by atoms with Gasteiger partial charge in [0.05, 0.1) is 6.04 Å². The zero-order valence-corrected chi connectivity index (χ0v) is 10.9. The minimum atomic E-state index is 0.265. The Morgan fingerprint density at radius 2 is 2.26 bits per heavy atom. The van der Waals surface area contributed by atoms with Gasteiger partial charge in [-0.3, -0.25) is 4.98 Å². The summed E-state index contributed by atoms with van der Waals surface area (Å²) in [7, 11) is 0. The van der Waals surface area contributed by atoms with Gasteiger partial charge in [-0.1, -0.05) is 17.6 Å². The number of rotatable bonds is 4. The fourth-order valence-corrected chi connectivity index (χ4v) is 2.36. The van der Waals surface area contributed by atoms with E-state index < -0.39 is 0 Å². The average Bonchev–Trinajstić information content (AvgIpc) is 2.96. The molecule has 0 saturated carbocycles. The monoisotopic (exact) mass is 258 g/mol. The summed E-state index contributed by atoms with van der Waals surface area (Å²) in [4.78, 5) is 8.77. The molecule has 0 bridgehead atoms. The topological polar surface area (TPSA) is 63.8 Å². The molecule has 1 unspecified atom stereocenters. The van der Waals surface area contributed by atoms with Crippen molar-refractivity contribution in [3.05, 3.63) is 41.8 Å². The molecule has 0 spiro atoms. The molecule has 100 valence electrons. The van der Waals surface area contributed by atoms with Gasteiger partial charge in [-0.25, -0.2) is 0 Å². The fraction of sp³-hybridized carbons (Fsp3) is 0.500. The van der Waals surface area contributed by atoms with Crippen molar-refractivity contribution in [2.45, 2.75) is 38.1 Å². The normalized spacial score (nSPS) is 19.5. The summed E-state index contributed by atoms with van der Waals surface area (Å²) < 4.78 is 5.31. The van der Waals surface area contributed by atoms with E-state index in [9.17, 15) is 0 Å². The summed E-state index contributed by atoms with van der Waals surface area (Å²) in [6.45, 7) is 1.04. The van der Waals surface area contributed by atoms with Gasteiger partial charge in [0.2, 0.25) is 5.89 Å². The first-order valence-electron chi connectivity index (χ1n) is 6.87. The Bertz CT molecular complexity index is 505. The zero-order valence-electron chi connectivity index (χ0n) is 10.9. The molecule has 1 N–H and O–H groups in total. The van der Waals surface area contributed by atoms with E-state index in [1.807, 2.05) is 18.2 Å². The molecule has 0 amide bonds. The maximum atomic E-state index is 5.31. The van der Waals surface area contributed by atoms with E-state index in [0.717, 1.165) is 37.3 Å². The minimum absolute atomic E-state index is 0.265. The van der Waals surface area contributed by atoms with E-state index in [1.165, 1.54) is 12.8 Å². The lowest BCUT2D eigenvalue weighted by molar-refractivity contribution is 0.348. The van der Waals surface area contributed by atoms with Gasteiger partial charge in [-0.05, 0) is 37.9 Å². The third-order valence-electron chi connectivity index (χ3n) is 3.43. The third kappa shape index (κ3) is 3.17. The lowest BCUT2D eigenvalue weighted by Gasteiger charge is -2.19. The van der Waals surface area contributed by atoms with Crippen LogP contribution in [0.1, 0.15) is 42.7 Å². The minimum Gasteiger partial charge on any atom is -0.339 e. The highest BCUT2D eigenvalue weighted by molar-refractivity contribution is 5.05. The predicted octanol–water partition coefficient (Wildman–Crippen LogP) is 2.06. The van der Waals surface area contributed by atoms with Gasteiger partial charge in [0.15, 0.2) is 5.82 Å². The van der Waals surface area contributed by atoms with E-state index in [4.69, 9.17) is 4.52 Å². The molecule has 5 nitrogen and oxygen atoms in total. The number of hydrogen-bond donors (Lipinski definition) is 1. The van der Waals surface area contributed by atoms with Crippen LogP contribution < -0.4 is 5.32 Å². The van der Waals surface area contributed by atoms with E-state index in [-0.39, 0.29) is 6.04 Å². The van der Waals surface area contributed by atoms with Crippen molar-refractivity contribution in [3.8, 4) is 0 Å². The van der Waals surface area contributed by atoms with Crippen molar-refractivity contribution in [2.75, 3.05) is 6.54 Å². The SMILES string of the molecule is c1ccc(CCc2nc(C3CCCCN3)no2)nc1. The highest BCUT2D eigenvalue weighted by atomic mass is 16.5. The number of aromatic nitrogens is 3. The second-order valence-corrected chi connectivity index (χ2v) is 4.87. The van der Waals surface area contributed by atoms with E-state index in [1.54, 1.807) is 6.20 Å². The maximum absolute atomic E-state index is 5.31. The van der Waals surface area contributed by atoms with Crippen molar-refractivity contribution in [1.29, 1.82) is 0 Å². The fourth-order valence-electron chi connectivity index (χ4n) is 2.36. The Kier molecular flexibility index (Phi) is 3.83. The summed E-state index contributed by atoms with van der Waals surface area (Å²) >= 11 is 0. The van der Waals surface area contributed by atoms with E-state index in [2.05, 4.69) is 20.4 Å². The lowest BCUT2D eigenvalue weighted by Crippen LogP contribution is -2.27. The molecule has 5 heteroatoms. The number of pyridine rings is 1. The number of piperidine rings is 1. The van der Waals surface area contributed by atoms with Crippen LogP contribution in [0.4, 0.5) is 0 Å². The quantitative estimate of drug-likeness (QED) is 0.909. The Morgan fingerprint density at radius 1 is 1.26 bits per heavy atom. The average molecular weight is 258 g/mol. The Morgan fingerprint density at radius 3 is 3.05 bits per heavy atom.